The number of hydrogen-bond donors (Lipinski definition) is 0. The zero-order valence-corrected chi connectivity index (χ0v) is 14.9. The number of benzene rings is 1. The van der Waals surface area contributed by atoms with E-state index in [-0.39, 0.29) is 10.9 Å². The van der Waals surface area contributed by atoms with Gasteiger partial charge in [-0.2, -0.15) is 26.7 Å². The van der Waals surface area contributed by atoms with Crippen LogP contribution in [0.2, 0.25) is 0 Å². The maximum absolute atomic E-state index is 12.7. The second-order valence-electron chi connectivity index (χ2n) is 6.50. The van der Waals surface area contributed by atoms with Crippen molar-refractivity contribution in [1.82, 2.24) is 9.78 Å². The third-order valence-electron chi connectivity index (χ3n) is 4.52. The Labute approximate surface area is 149 Å². The lowest BCUT2D eigenvalue weighted by molar-refractivity contribution is -0.137. The van der Waals surface area contributed by atoms with Crippen LogP contribution >= 0.6 is 0 Å². The van der Waals surface area contributed by atoms with Gasteiger partial charge in [-0.25, -0.2) is 0 Å². The molecule has 0 amide bonds. The molecule has 1 fully saturated rings. The molecule has 2 aromatic rings. The molecule has 0 N–H and O–H groups in total. The molecule has 1 aromatic carbocycles. The standard InChI is InChI=1S/C17H19F3N2O3S/c1-12-2-8-16(9-3-12)26(23,24)25-15-6-4-14(5-7-15)22-11-13(10-21-22)17(18,19)20/h2-3,8-11,14-15H,4-7H2,1H3. The molecule has 0 bridgehead atoms. The summed E-state index contributed by atoms with van der Waals surface area (Å²) in [5, 5.41) is 3.80. The molecule has 1 saturated carbocycles. The van der Waals surface area contributed by atoms with E-state index < -0.39 is 28.0 Å². The van der Waals surface area contributed by atoms with Crippen LogP contribution in [-0.2, 0) is 20.5 Å². The van der Waals surface area contributed by atoms with Gasteiger partial charge in [0.15, 0.2) is 0 Å². The summed E-state index contributed by atoms with van der Waals surface area (Å²) in [7, 11) is -3.85. The number of rotatable bonds is 4. The van der Waals surface area contributed by atoms with Crippen LogP contribution in [0.3, 0.4) is 0 Å². The van der Waals surface area contributed by atoms with Gasteiger partial charge in [-0.15, -0.1) is 0 Å². The number of alkyl halides is 3. The summed E-state index contributed by atoms with van der Waals surface area (Å²) in [6.45, 7) is 1.86. The highest BCUT2D eigenvalue weighted by atomic mass is 32.2. The van der Waals surface area contributed by atoms with Gasteiger partial charge in [-0.05, 0) is 44.7 Å². The van der Waals surface area contributed by atoms with Gasteiger partial charge in [0.1, 0.15) is 0 Å². The summed E-state index contributed by atoms with van der Waals surface area (Å²) in [4.78, 5) is 0.104. The Morgan fingerprint density at radius 2 is 1.73 bits per heavy atom. The summed E-state index contributed by atoms with van der Waals surface area (Å²) in [6, 6.07) is 6.21. The molecule has 0 saturated heterocycles. The average molecular weight is 388 g/mol. The lowest BCUT2D eigenvalue weighted by Crippen LogP contribution is -2.26. The monoisotopic (exact) mass is 388 g/mol. The van der Waals surface area contributed by atoms with Crippen molar-refractivity contribution in [2.45, 2.75) is 55.8 Å². The van der Waals surface area contributed by atoms with E-state index in [0.717, 1.165) is 18.0 Å². The number of nitrogens with zero attached hydrogens (tertiary/aromatic N) is 2. The van der Waals surface area contributed by atoms with Crippen molar-refractivity contribution in [3.05, 3.63) is 47.8 Å². The fraction of sp³-hybridized carbons (Fsp3) is 0.471. The molecule has 0 atom stereocenters. The van der Waals surface area contributed by atoms with Crippen molar-refractivity contribution in [2.75, 3.05) is 0 Å². The van der Waals surface area contributed by atoms with Crippen molar-refractivity contribution in [1.29, 1.82) is 0 Å². The lowest BCUT2D eigenvalue weighted by atomic mass is 9.93. The van der Waals surface area contributed by atoms with Crippen LogP contribution < -0.4 is 0 Å². The quantitative estimate of drug-likeness (QED) is 0.740. The number of aryl methyl sites for hydroxylation is 1. The zero-order chi connectivity index (χ0) is 18.9. The first-order valence-corrected chi connectivity index (χ1v) is 9.67. The first kappa shape index (κ1) is 18.9. The summed E-state index contributed by atoms with van der Waals surface area (Å²) in [5.41, 5.74) is 0.166. The molecule has 9 heteroatoms. The Bertz CT molecular complexity index is 852. The molecule has 0 aliphatic heterocycles. The molecule has 3 rings (SSSR count). The predicted molar refractivity (Wildman–Crippen MR) is 88.0 cm³/mol. The fourth-order valence-electron chi connectivity index (χ4n) is 3.03. The van der Waals surface area contributed by atoms with Crippen LogP contribution in [0.15, 0.2) is 41.6 Å². The summed E-state index contributed by atoms with van der Waals surface area (Å²) in [6.07, 6.45) is -1.19. The van der Waals surface area contributed by atoms with Gasteiger partial charge in [-0.1, -0.05) is 17.7 Å². The van der Waals surface area contributed by atoms with E-state index in [1.54, 1.807) is 12.1 Å². The molecule has 142 valence electrons. The molecule has 1 aliphatic rings. The lowest BCUT2D eigenvalue weighted by Gasteiger charge is -2.28. The van der Waals surface area contributed by atoms with E-state index >= 15 is 0 Å². The first-order valence-electron chi connectivity index (χ1n) is 8.26. The molecular formula is C17H19F3N2O3S. The van der Waals surface area contributed by atoms with Crippen molar-refractivity contribution in [3.8, 4) is 0 Å². The molecule has 26 heavy (non-hydrogen) atoms. The Morgan fingerprint density at radius 1 is 1.12 bits per heavy atom. The molecule has 0 radical (unpaired) electrons. The van der Waals surface area contributed by atoms with E-state index in [4.69, 9.17) is 4.18 Å². The van der Waals surface area contributed by atoms with Gasteiger partial charge in [0.25, 0.3) is 10.1 Å². The molecule has 0 spiro atoms. The van der Waals surface area contributed by atoms with Gasteiger partial charge in [0, 0.05) is 6.20 Å². The van der Waals surface area contributed by atoms with Crippen LogP contribution in [0.4, 0.5) is 13.2 Å². The summed E-state index contributed by atoms with van der Waals surface area (Å²) < 4.78 is 69.2. The Hall–Kier alpha value is -1.87. The minimum atomic E-state index is -4.42. The SMILES string of the molecule is Cc1ccc(S(=O)(=O)OC2CCC(n3cc(C(F)(F)F)cn3)CC2)cc1. The Morgan fingerprint density at radius 3 is 2.27 bits per heavy atom. The maximum Gasteiger partial charge on any atom is 0.419 e. The third kappa shape index (κ3) is 4.27. The summed E-state index contributed by atoms with van der Waals surface area (Å²) in [5.74, 6) is 0. The topological polar surface area (TPSA) is 61.2 Å². The normalized spacial score (nSPS) is 21.7. The smallest absolute Gasteiger partial charge is 0.269 e. The summed E-state index contributed by atoms with van der Waals surface area (Å²) >= 11 is 0. The van der Waals surface area contributed by atoms with Crippen LogP contribution in [0.25, 0.3) is 0 Å². The second-order valence-corrected chi connectivity index (χ2v) is 8.07. The highest BCUT2D eigenvalue weighted by molar-refractivity contribution is 7.86. The van der Waals surface area contributed by atoms with Crippen LogP contribution in [0, 0.1) is 6.92 Å². The first-order chi connectivity index (χ1) is 12.1. The van der Waals surface area contributed by atoms with Crippen LogP contribution in [0.1, 0.15) is 42.9 Å². The third-order valence-corrected chi connectivity index (χ3v) is 5.89. The van der Waals surface area contributed by atoms with Gasteiger partial charge >= 0.3 is 6.18 Å². The molecule has 1 aromatic heterocycles. The predicted octanol–water partition coefficient (Wildman–Crippen LogP) is 4.10. The van der Waals surface area contributed by atoms with Crippen molar-refractivity contribution in [2.24, 2.45) is 0 Å². The van der Waals surface area contributed by atoms with Gasteiger partial charge in [0.05, 0.1) is 28.8 Å². The van der Waals surface area contributed by atoms with Gasteiger partial charge in [-0.3, -0.25) is 8.86 Å². The van der Waals surface area contributed by atoms with E-state index in [2.05, 4.69) is 5.10 Å². The molecule has 1 heterocycles. The average Bonchev–Trinajstić information content (AvgIpc) is 3.06. The number of halogens is 3. The minimum absolute atomic E-state index is 0.104. The molecule has 1 aliphatic carbocycles. The van der Waals surface area contributed by atoms with Gasteiger partial charge in [0.2, 0.25) is 0 Å². The van der Waals surface area contributed by atoms with Crippen molar-refractivity contribution >= 4 is 10.1 Å². The highest BCUT2D eigenvalue weighted by Gasteiger charge is 2.34. The minimum Gasteiger partial charge on any atom is -0.269 e. The second kappa shape index (κ2) is 7.03. The van der Waals surface area contributed by atoms with Crippen molar-refractivity contribution < 1.29 is 25.8 Å². The zero-order valence-electron chi connectivity index (χ0n) is 14.1. The molecular weight excluding hydrogens is 369 g/mol. The van der Waals surface area contributed by atoms with Crippen molar-refractivity contribution in [3.63, 3.8) is 0 Å². The van der Waals surface area contributed by atoms with E-state index in [1.807, 2.05) is 6.92 Å². The van der Waals surface area contributed by atoms with E-state index in [9.17, 15) is 21.6 Å². The van der Waals surface area contributed by atoms with Crippen LogP contribution in [0.5, 0.6) is 0 Å². The highest BCUT2D eigenvalue weighted by Crippen LogP contribution is 2.34. The Balaban J connectivity index is 1.60. The largest absolute Gasteiger partial charge is 0.419 e. The number of hydrogen-bond acceptors (Lipinski definition) is 4. The van der Waals surface area contributed by atoms with Gasteiger partial charge < -0.3 is 0 Å². The maximum atomic E-state index is 12.7. The fourth-order valence-corrected chi connectivity index (χ4v) is 4.16. The molecule has 5 nitrogen and oxygen atoms in total. The Kier molecular flexibility index (Phi) is 5.12. The number of aromatic nitrogens is 2. The van der Waals surface area contributed by atoms with Crippen LogP contribution in [-0.4, -0.2) is 24.3 Å². The van der Waals surface area contributed by atoms with E-state index in [0.29, 0.717) is 25.7 Å². The molecule has 0 unspecified atom stereocenters. The van der Waals surface area contributed by atoms with E-state index in [1.165, 1.54) is 16.8 Å².